The lowest BCUT2D eigenvalue weighted by Gasteiger charge is -2.09. The summed E-state index contributed by atoms with van der Waals surface area (Å²) in [6.07, 6.45) is 0. The summed E-state index contributed by atoms with van der Waals surface area (Å²) in [5, 5.41) is 0.751. The quantitative estimate of drug-likeness (QED) is 0.783. The van der Waals surface area contributed by atoms with Gasteiger partial charge in [0.15, 0.2) is 0 Å². The van der Waals surface area contributed by atoms with Crippen molar-refractivity contribution in [1.29, 1.82) is 0 Å². The molecule has 0 unspecified atom stereocenters. The zero-order valence-electron chi connectivity index (χ0n) is 8.12. The Labute approximate surface area is 92.1 Å². The van der Waals surface area contributed by atoms with Gasteiger partial charge in [0, 0.05) is 6.54 Å². The summed E-state index contributed by atoms with van der Waals surface area (Å²) < 4.78 is 1.16. The molecule has 0 atom stereocenters. The molecule has 0 aliphatic carbocycles. The van der Waals surface area contributed by atoms with Crippen molar-refractivity contribution in [2.45, 2.75) is 6.54 Å². The molecule has 1 aromatic carbocycles. The first-order chi connectivity index (χ1) is 6.66. The SMILES string of the molecule is CN(C)Cc1cc(Cl)c2ncsc2c1. The highest BCUT2D eigenvalue weighted by Crippen LogP contribution is 2.27. The molecule has 2 aromatic rings. The van der Waals surface area contributed by atoms with Gasteiger partial charge in [0.05, 0.1) is 20.7 Å². The van der Waals surface area contributed by atoms with Gasteiger partial charge in [-0.15, -0.1) is 11.3 Å². The Balaban J connectivity index is 2.47. The average Bonchev–Trinajstić information content (AvgIpc) is 2.50. The van der Waals surface area contributed by atoms with Gasteiger partial charge in [0.2, 0.25) is 0 Å². The Kier molecular flexibility index (Phi) is 2.72. The first-order valence-electron chi connectivity index (χ1n) is 4.33. The summed E-state index contributed by atoms with van der Waals surface area (Å²) in [5.74, 6) is 0. The number of benzene rings is 1. The smallest absolute Gasteiger partial charge is 0.0998 e. The summed E-state index contributed by atoms with van der Waals surface area (Å²) in [4.78, 5) is 6.34. The minimum atomic E-state index is 0.751. The lowest BCUT2D eigenvalue weighted by Crippen LogP contribution is -2.10. The number of aromatic nitrogens is 1. The Morgan fingerprint density at radius 3 is 2.93 bits per heavy atom. The van der Waals surface area contributed by atoms with E-state index in [2.05, 4.69) is 16.0 Å². The van der Waals surface area contributed by atoms with E-state index in [1.165, 1.54) is 5.56 Å². The van der Waals surface area contributed by atoms with Crippen molar-refractivity contribution in [3.8, 4) is 0 Å². The van der Waals surface area contributed by atoms with Crippen molar-refractivity contribution < 1.29 is 0 Å². The molecule has 74 valence electrons. The minimum absolute atomic E-state index is 0.751. The molecular weight excluding hydrogens is 216 g/mol. The highest BCUT2D eigenvalue weighted by molar-refractivity contribution is 7.16. The molecule has 1 aromatic heterocycles. The van der Waals surface area contributed by atoms with Crippen molar-refractivity contribution in [3.63, 3.8) is 0 Å². The van der Waals surface area contributed by atoms with Gasteiger partial charge in [-0.3, -0.25) is 0 Å². The molecule has 0 bridgehead atoms. The first kappa shape index (κ1) is 9.90. The molecular formula is C10H11ClN2S. The van der Waals surface area contributed by atoms with E-state index in [1.807, 2.05) is 25.7 Å². The van der Waals surface area contributed by atoms with E-state index >= 15 is 0 Å². The monoisotopic (exact) mass is 226 g/mol. The van der Waals surface area contributed by atoms with E-state index in [0.717, 1.165) is 21.8 Å². The maximum atomic E-state index is 6.11. The second-order valence-electron chi connectivity index (χ2n) is 3.51. The predicted molar refractivity (Wildman–Crippen MR) is 62.0 cm³/mol. The van der Waals surface area contributed by atoms with Crippen LogP contribution < -0.4 is 0 Å². The molecule has 2 rings (SSSR count). The Morgan fingerprint density at radius 2 is 2.21 bits per heavy atom. The minimum Gasteiger partial charge on any atom is -0.305 e. The van der Waals surface area contributed by atoms with Gasteiger partial charge in [0.25, 0.3) is 0 Å². The van der Waals surface area contributed by atoms with Crippen molar-refractivity contribution in [1.82, 2.24) is 9.88 Å². The fourth-order valence-corrected chi connectivity index (χ4v) is 2.55. The van der Waals surface area contributed by atoms with E-state index in [0.29, 0.717) is 0 Å². The molecule has 14 heavy (non-hydrogen) atoms. The second-order valence-corrected chi connectivity index (χ2v) is 4.81. The predicted octanol–water partition coefficient (Wildman–Crippen LogP) is 3.01. The lowest BCUT2D eigenvalue weighted by molar-refractivity contribution is 0.403. The standard InChI is InChI=1S/C10H11ClN2S/c1-13(2)5-7-3-8(11)10-9(4-7)14-6-12-10/h3-4,6H,5H2,1-2H3. The summed E-state index contributed by atoms with van der Waals surface area (Å²) in [5.41, 5.74) is 3.98. The summed E-state index contributed by atoms with van der Waals surface area (Å²) in [7, 11) is 4.09. The maximum Gasteiger partial charge on any atom is 0.0998 e. The molecule has 0 saturated carbocycles. The van der Waals surface area contributed by atoms with Crippen molar-refractivity contribution >= 4 is 33.2 Å². The summed E-state index contributed by atoms with van der Waals surface area (Å²) in [6, 6.07) is 4.14. The van der Waals surface area contributed by atoms with Crippen molar-refractivity contribution in [3.05, 3.63) is 28.2 Å². The number of nitrogens with zero attached hydrogens (tertiary/aromatic N) is 2. The van der Waals surface area contributed by atoms with Gasteiger partial charge in [0.1, 0.15) is 0 Å². The lowest BCUT2D eigenvalue weighted by atomic mass is 10.2. The van der Waals surface area contributed by atoms with Crippen LogP contribution in [-0.2, 0) is 6.54 Å². The van der Waals surface area contributed by atoms with Crippen LogP contribution in [0.5, 0.6) is 0 Å². The van der Waals surface area contributed by atoms with Crippen LogP contribution in [0.1, 0.15) is 5.56 Å². The van der Waals surface area contributed by atoms with Gasteiger partial charge < -0.3 is 4.90 Å². The van der Waals surface area contributed by atoms with Crippen LogP contribution in [0.25, 0.3) is 10.2 Å². The van der Waals surface area contributed by atoms with E-state index in [-0.39, 0.29) is 0 Å². The zero-order valence-corrected chi connectivity index (χ0v) is 9.69. The summed E-state index contributed by atoms with van der Waals surface area (Å²) >= 11 is 7.74. The average molecular weight is 227 g/mol. The maximum absolute atomic E-state index is 6.11. The Hall–Kier alpha value is -0.640. The molecule has 0 N–H and O–H groups in total. The largest absolute Gasteiger partial charge is 0.305 e. The van der Waals surface area contributed by atoms with Crippen LogP contribution in [0.2, 0.25) is 5.02 Å². The van der Waals surface area contributed by atoms with Crippen molar-refractivity contribution in [2.24, 2.45) is 0 Å². The van der Waals surface area contributed by atoms with E-state index in [9.17, 15) is 0 Å². The van der Waals surface area contributed by atoms with E-state index in [4.69, 9.17) is 11.6 Å². The third-order valence-electron chi connectivity index (χ3n) is 1.95. The first-order valence-corrected chi connectivity index (χ1v) is 5.59. The van der Waals surface area contributed by atoms with Crippen LogP contribution in [0.4, 0.5) is 0 Å². The van der Waals surface area contributed by atoms with Gasteiger partial charge in [-0.05, 0) is 31.8 Å². The van der Waals surface area contributed by atoms with Gasteiger partial charge in [-0.2, -0.15) is 0 Å². The molecule has 0 spiro atoms. The van der Waals surface area contributed by atoms with Gasteiger partial charge in [-0.25, -0.2) is 4.98 Å². The highest BCUT2D eigenvalue weighted by Gasteiger charge is 2.05. The second kappa shape index (κ2) is 3.85. The Morgan fingerprint density at radius 1 is 1.43 bits per heavy atom. The molecule has 0 radical (unpaired) electrons. The van der Waals surface area contributed by atoms with E-state index in [1.54, 1.807) is 11.3 Å². The molecule has 2 nitrogen and oxygen atoms in total. The fraction of sp³-hybridized carbons (Fsp3) is 0.300. The fourth-order valence-electron chi connectivity index (χ4n) is 1.43. The molecule has 0 aliphatic heterocycles. The zero-order chi connectivity index (χ0) is 10.1. The molecule has 0 fully saturated rings. The molecule has 0 amide bonds. The number of hydrogen-bond donors (Lipinski definition) is 0. The van der Waals surface area contributed by atoms with Crippen LogP contribution in [-0.4, -0.2) is 24.0 Å². The van der Waals surface area contributed by atoms with Gasteiger partial charge >= 0.3 is 0 Å². The van der Waals surface area contributed by atoms with Crippen LogP contribution in [0.3, 0.4) is 0 Å². The highest BCUT2D eigenvalue weighted by atomic mass is 35.5. The normalized spacial score (nSPS) is 11.4. The van der Waals surface area contributed by atoms with Crippen LogP contribution in [0, 0.1) is 0 Å². The van der Waals surface area contributed by atoms with Crippen molar-refractivity contribution in [2.75, 3.05) is 14.1 Å². The van der Waals surface area contributed by atoms with Gasteiger partial charge in [-0.1, -0.05) is 11.6 Å². The number of rotatable bonds is 2. The topological polar surface area (TPSA) is 16.1 Å². The van der Waals surface area contributed by atoms with E-state index < -0.39 is 0 Å². The van der Waals surface area contributed by atoms with Crippen LogP contribution >= 0.6 is 22.9 Å². The third kappa shape index (κ3) is 1.90. The number of hydrogen-bond acceptors (Lipinski definition) is 3. The Bertz CT molecular complexity index is 450. The molecule has 0 saturated heterocycles. The number of fused-ring (bicyclic) bond motifs is 1. The third-order valence-corrected chi connectivity index (χ3v) is 3.01. The van der Waals surface area contributed by atoms with Crippen LogP contribution in [0.15, 0.2) is 17.6 Å². The number of thiazole rings is 1. The molecule has 0 aliphatic rings. The molecule has 1 heterocycles. The number of halogens is 1. The summed E-state index contributed by atoms with van der Waals surface area (Å²) in [6.45, 7) is 0.910. The molecule has 4 heteroatoms.